The van der Waals surface area contributed by atoms with Crippen molar-refractivity contribution in [3.05, 3.63) is 77.0 Å². The molecule has 0 spiro atoms. The zero-order valence-electron chi connectivity index (χ0n) is 16.0. The molecule has 0 fully saturated rings. The molecular formula is C21H19N5O2S. The number of aromatic nitrogens is 4. The lowest BCUT2D eigenvalue weighted by Gasteiger charge is -2.12. The number of amides is 1. The molecule has 4 aromatic rings. The van der Waals surface area contributed by atoms with Gasteiger partial charge in [0, 0.05) is 36.3 Å². The summed E-state index contributed by atoms with van der Waals surface area (Å²) in [5.41, 5.74) is 0.676. The second-order valence-electron chi connectivity index (χ2n) is 6.39. The van der Waals surface area contributed by atoms with Gasteiger partial charge < -0.3 is 9.88 Å². The van der Waals surface area contributed by atoms with E-state index in [-0.39, 0.29) is 17.2 Å². The highest BCUT2D eigenvalue weighted by molar-refractivity contribution is 7.99. The lowest BCUT2D eigenvalue weighted by atomic mass is 10.1. The van der Waals surface area contributed by atoms with Crippen molar-refractivity contribution in [1.82, 2.24) is 19.3 Å². The van der Waals surface area contributed by atoms with Gasteiger partial charge in [0.25, 0.3) is 11.5 Å². The van der Waals surface area contributed by atoms with Gasteiger partial charge in [0.1, 0.15) is 0 Å². The van der Waals surface area contributed by atoms with E-state index in [1.54, 1.807) is 30.5 Å². The summed E-state index contributed by atoms with van der Waals surface area (Å²) in [5, 5.41) is 9.08. The predicted octanol–water partition coefficient (Wildman–Crippen LogP) is 3.55. The van der Waals surface area contributed by atoms with Crippen LogP contribution in [0.1, 0.15) is 17.4 Å². The number of benzene rings is 2. The van der Waals surface area contributed by atoms with Crippen LogP contribution < -0.4 is 10.9 Å². The minimum Gasteiger partial charge on any atom is -0.329 e. The molecule has 2 heterocycles. The van der Waals surface area contributed by atoms with E-state index in [0.717, 1.165) is 10.1 Å². The molecule has 0 saturated heterocycles. The fraction of sp³-hybridized carbons (Fsp3) is 0.143. The van der Waals surface area contributed by atoms with Crippen LogP contribution in [0, 0.1) is 0 Å². The van der Waals surface area contributed by atoms with E-state index < -0.39 is 0 Å². The molecule has 0 atom stereocenters. The van der Waals surface area contributed by atoms with Crippen LogP contribution in [0.4, 0.5) is 5.69 Å². The minimum absolute atomic E-state index is 0.203. The zero-order valence-corrected chi connectivity index (χ0v) is 16.8. The first-order valence-electron chi connectivity index (χ1n) is 9.14. The summed E-state index contributed by atoms with van der Waals surface area (Å²) < 4.78 is 3.22. The Morgan fingerprint density at radius 1 is 1.10 bits per heavy atom. The molecule has 2 aromatic carbocycles. The highest BCUT2D eigenvalue weighted by Gasteiger charge is 2.18. The van der Waals surface area contributed by atoms with Gasteiger partial charge in [-0.3, -0.25) is 9.59 Å². The van der Waals surface area contributed by atoms with Gasteiger partial charge in [0.05, 0.1) is 11.1 Å². The molecule has 0 bridgehead atoms. The van der Waals surface area contributed by atoms with Gasteiger partial charge in [-0.2, -0.15) is 5.10 Å². The largest absolute Gasteiger partial charge is 0.329 e. The maximum Gasteiger partial charge on any atom is 0.276 e. The molecule has 2 aromatic heterocycles. The first-order valence-corrected chi connectivity index (χ1v) is 9.95. The Labute approximate surface area is 171 Å². The topological polar surface area (TPSA) is 81.8 Å². The molecule has 0 aliphatic carbocycles. The quantitative estimate of drug-likeness (QED) is 0.549. The van der Waals surface area contributed by atoms with Crippen molar-refractivity contribution < 1.29 is 4.79 Å². The van der Waals surface area contributed by atoms with E-state index >= 15 is 0 Å². The van der Waals surface area contributed by atoms with Gasteiger partial charge in [-0.1, -0.05) is 30.3 Å². The molecule has 29 heavy (non-hydrogen) atoms. The summed E-state index contributed by atoms with van der Waals surface area (Å²) >= 11 is 1.46. The van der Waals surface area contributed by atoms with Crippen LogP contribution in [0.2, 0.25) is 0 Å². The van der Waals surface area contributed by atoms with Crippen molar-refractivity contribution in [2.24, 2.45) is 7.05 Å². The number of carbonyl (C=O) groups excluding carboxylic acids is 1. The van der Waals surface area contributed by atoms with Gasteiger partial charge in [0.2, 0.25) is 0 Å². The number of fused-ring (bicyclic) bond motifs is 1. The van der Waals surface area contributed by atoms with E-state index in [2.05, 4.69) is 15.4 Å². The molecule has 0 saturated carbocycles. The highest BCUT2D eigenvalue weighted by atomic mass is 32.2. The monoisotopic (exact) mass is 405 g/mol. The van der Waals surface area contributed by atoms with Crippen LogP contribution in [0.15, 0.2) is 75.8 Å². The van der Waals surface area contributed by atoms with Crippen molar-refractivity contribution in [3.63, 3.8) is 0 Å². The Hall–Kier alpha value is -3.39. The zero-order chi connectivity index (χ0) is 20.4. The van der Waals surface area contributed by atoms with Crippen LogP contribution in [-0.2, 0) is 13.6 Å². The lowest BCUT2D eigenvalue weighted by Crippen LogP contribution is -2.27. The number of para-hydroxylation sites is 1. The molecule has 7 nitrogen and oxygen atoms in total. The first-order chi connectivity index (χ1) is 14.1. The standard InChI is InChI=1S/C21H19N5O2S/c1-3-26-20(28)15-9-5-4-8-14(15)18(24-26)19(27)23-16-10-6-7-11-17(16)29-21-22-12-13-25(21)2/h4-13H,3H2,1-2H3,(H,23,27). The molecule has 4 rings (SSSR count). The van der Waals surface area contributed by atoms with Crippen LogP contribution in [-0.4, -0.2) is 25.2 Å². The second-order valence-corrected chi connectivity index (χ2v) is 7.40. The molecule has 1 N–H and O–H groups in total. The van der Waals surface area contributed by atoms with Gasteiger partial charge in [-0.05, 0) is 36.9 Å². The van der Waals surface area contributed by atoms with Gasteiger partial charge in [0.15, 0.2) is 10.9 Å². The van der Waals surface area contributed by atoms with Crippen LogP contribution in [0.25, 0.3) is 10.8 Å². The lowest BCUT2D eigenvalue weighted by molar-refractivity contribution is 0.102. The average molecular weight is 405 g/mol. The maximum atomic E-state index is 13.1. The molecule has 0 unspecified atom stereocenters. The van der Waals surface area contributed by atoms with Crippen LogP contribution in [0.3, 0.4) is 0 Å². The Kier molecular flexibility index (Phi) is 5.18. The number of nitrogens with zero attached hydrogens (tertiary/aromatic N) is 4. The summed E-state index contributed by atoms with van der Waals surface area (Å²) in [6, 6.07) is 14.6. The molecule has 0 radical (unpaired) electrons. The molecule has 146 valence electrons. The summed E-state index contributed by atoms with van der Waals surface area (Å²) in [5.74, 6) is -0.365. The molecule has 1 amide bonds. The number of carbonyl (C=O) groups is 1. The van der Waals surface area contributed by atoms with Crippen molar-refractivity contribution in [3.8, 4) is 0 Å². The summed E-state index contributed by atoms with van der Waals surface area (Å²) in [6.07, 6.45) is 3.60. The third-order valence-corrected chi connectivity index (χ3v) is 5.65. The van der Waals surface area contributed by atoms with Crippen molar-refractivity contribution in [1.29, 1.82) is 0 Å². The number of anilines is 1. The van der Waals surface area contributed by atoms with Crippen molar-refractivity contribution in [2.75, 3.05) is 5.32 Å². The van der Waals surface area contributed by atoms with E-state index in [1.807, 2.05) is 49.0 Å². The minimum atomic E-state index is -0.365. The highest BCUT2D eigenvalue weighted by Crippen LogP contribution is 2.32. The molecule has 8 heteroatoms. The molecule has 0 aliphatic heterocycles. The normalized spacial score (nSPS) is 11.0. The number of hydrogen-bond donors (Lipinski definition) is 1. The first kappa shape index (κ1) is 18.9. The predicted molar refractivity (Wildman–Crippen MR) is 113 cm³/mol. The smallest absolute Gasteiger partial charge is 0.276 e. The third-order valence-electron chi connectivity index (χ3n) is 4.50. The number of rotatable bonds is 5. The SMILES string of the molecule is CCn1nc(C(=O)Nc2ccccc2Sc2nccn2C)c2ccccc2c1=O. The Morgan fingerprint density at radius 2 is 1.83 bits per heavy atom. The van der Waals surface area contributed by atoms with Crippen molar-refractivity contribution in [2.45, 2.75) is 23.5 Å². The van der Waals surface area contributed by atoms with Crippen molar-refractivity contribution >= 4 is 34.1 Å². The summed E-state index contributed by atoms with van der Waals surface area (Å²) in [4.78, 5) is 30.8. The summed E-state index contributed by atoms with van der Waals surface area (Å²) in [6.45, 7) is 2.21. The number of aryl methyl sites for hydroxylation is 2. The molecule has 0 aliphatic rings. The van der Waals surface area contributed by atoms with Crippen LogP contribution in [0.5, 0.6) is 0 Å². The number of imidazole rings is 1. The van der Waals surface area contributed by atoms with E-state index in [4.69, 9.17) is 0 Å². The maximum absolute atomic E-state index is 13.1. The van der Waals surface area contributed by atoms with Gasteiger partial charge in [-0.15, -0.1) is 0 Å². The fourth-order valence-corrected chi connectivity index (χ4v) is 3.90. The van der Waals surface area contributed by atoms with E-state index in [1.165, 1.54) is 16.4 Å². The van der Waals surface area contributed by atoms with E-state index in [0.29, 0.717) is 23.0 Å². The Morgan fingerprint density at radius 3 is 2.55 bits per heavy atom. The number of hydrogen-bond acceptors (Lipinski definition) is 5. The summed E-state index contributed by atoms with van der Waals surface area (Å²) in [7, 11) is 1.92. The third kappa shape index (κ3) is 3.66. The average Bonchev–Trinajstić information content (AvgIpc) is 3.14. The number of nitrogens with one attached hydrogen (secondary N) is 1. The van der Waals surface area contributed by atoms with Gasteiger partial charge >= 0.3 is 0 Å². The van der Waals surface area contributed by atoms with Gasteiger partial charge in [-0.25, -0.2) is 9.67 Å². The second kappa shape index (κ2) is 7.92. The molecular weight excluding hydrogens is 386 g/mol. The fourth-order valence-electron chi connectivity index (χ4n) is 3.01. The Bertz CT molecular complexity index is 1260. The Balaban J connectivity index is 1.72. The van der Waals surface area contributed by atoms with Crippen LogP contribution >= 0.6 is 11.8 Å². The van der Waals surface area contributed by atoms with E-state index in [9.17, 15) is 9.59 Å².